The number of ketones is 1. The summed E-state index contributed by atoms with van der Waals surface area (Å²) < 4.78 is 0. The third-order valence-electron chi connectivity index (χ3n) is 4.14. The molecule has 2 aliphatic carbocycles. The molecule has 3 atom stereocenters. The number of carbonyl (C=O) groups excluding carboxylic acids is 1. The monoisotopic (exact) mass is 200 g/mol. The highest BCUT2D eigenvalue weighted by atomic mass is 16.1. The molecule has 0 unspecified atom stereocenters. The Kier molecular flexibility index (Phi) is 2.12. The molecule has 0 aromatic heterocycles. The van der Waals surface area contributed by atoms with Crippen LogP contribution in [0.4, 0.5) is 0 Å². The molecule has 78 valence electrons. The molecular formula is C14H16O. The first-order valence-corrected chi connectivity index (χ1v) is 5.94. The van der Waals surface area contributed by atoms with Gasteiger partial charge in [-0.25, -0.2) is 0 Å². The molecule has 15 heavy (non-hydrogen) atoms. The second-order valence-corrected chi connectivity index (χ2v) is 4.89. The fourth-order valence-corrected chi connectivity index (χ4v) is 3.29. The van der Waals surface area contributed by atoms with Crippen molar-refractivity contribution in [1.29, 1.82) is 0 Å². The number of hydrogen-bond donors (Lipinski definition) is 0. The van der Waals surface area contributed by atoms with Crippen LogP contribution < -0.4 is 0 Å². The molecule has 2 saturated carbocycles. The zero-order valence-electron chi connectivity index (χ0n) is 8.86. The van der Waals surface area contributed by atoms with E-state index in [1.807, 2.05) is 0 Å². The van der Waals surface area contributed by atoms with E-state index in [2.05, 4.69) is 30.3 Å². The van der Waals surface area contributed by atoms with Gasteiger partial charge in [0.2, 0.25) is 0 Å². The minimum atomic E-state index is 0.406. The normalized spacial score (nSPS) is 34.4. The molecular weight excluding hydrogens is 184 g/mol. The fraction of sp³-hybridized carbons (Fsp3) is 0.500. The van der Waals surface area contributed by atoms with Crippen LogP contribution in [-0.2, 0) is 4.79 Å². The first kappa shape index (κ1) is 9.14. The molecule has 0 amide bonds. The number of fused-ring (bicyclic) bond motifs is 1. The summed E-state index contributed by atoms with van der Waals surface area (Å²) in [7, 11) is 0. The Morgan fingerprint density at radius 3 is 2.47 bits per heavy atom. The van der Waals surface area contributed by atoms with Gasteiger partial charge in [0.15, 0.2) is 0 Å². The van der Waals surface area contributed by atoms with Crippen molar-refractivity contribution in [3.8, 4) is 0 Å². The maximum absolute atomic E-state index is 11.4. The van der Waals surface area contributed by atoms with Crippen molar-refractivity contribution < 1.29 is 4.79 Å². The van der Waals surface area contributed by atoms with Gasteiger partial charge in [-0.3, -0.25) is 4.79 Å². The lowest BCUT2D eigenvalue weighted by Gasteiger charge is -2.44. The minimum absolute atomic E-state index is 0.406. The average molecular weight is 200 g/mol. The van der Waals surface area contributed by atoms with E-state index in [0.29, 0.717) is 23.5 Å². The van der Waals surface area contributed by atoms with Crippen LogP contribution in [0.1, 0.15) is 37.2 Å². The molecule has 0 radical (unpaired) electrons. The Hall–Kier alpha value is -1.11. The molecule has 0 N–H and O–H groups in total. The number of hydrogen-bond acceptors (Lipinski definition) is 1. The topological polar surface area (TPSA) is 17.1 Å². The van der Waals surface area contributed by atoms with Gasteiger partial charge in [0.25, 0.3) is 0 Å². The van der Waals surface area contributed by atoms with Crippen molar-refractivity contribution in [3.63, 3.8) is 0 Å². The van der Waals surface area contributed by atoms with Crippen LogP contribution in [0.3, 0.4) is 0 Å². The number of benzene rings is 1. The molecule has 2 fully saturated rings. The predicted molar refractivity (Wildman–Crippen MR) is 59.6 cm³/mol. The molecule has 1 aromatic rings. The van der Waals surface area contributed by atoms with E-state index in [1.165, 1.54) is 18.4 Å². The second kappa shape index (κ2) is 3.48. The van der Waals surface area contributed by atoms with Crippen molar-refractivity contribution >= 4 is 5.78 Å². The summed E-state index contributed by atoms with van der Waals surface area (Å²) in [6.07, 6.45) is 4.49. The quantitative estimate of drug-likeness (QED) is 0.680. The van der Waals surface area contributed by atoms with Crippen molar-refractivity contribution in [2.24, 2.45) is 11.8 Å². The lowest BCUT2D eigenvalue weighted by molar-refractivity contribution is -0.137. The molecule has 3 rings (SSSR count). The van der Waals surface area contributed by atoms with Gasteiger partial charge >= 0.3 is 0 Å². The lowest BCUT2D eigenvalue weighted by atomic mass is 9.58. The van der Waals surface area contributed by atoms with E-state index in [0.717, 1.165) is 12.8 Å². The summed E-state index contributed by atoms with van der Waals surface area (Å²) in [5, 5.41) is 0. The maximum atomic E-state index is 11.4. The second-order valence-electron chi connectivity index (χ2n) is 4.89. The van der Waals surface area contributed by atoms with Crippen molar-refractivity contribution in [1.82, 2.24) is 0 Å². The predicted octanol–water partition coefficient (Wildman–Crippen LogP) is 3.16. The SMILES string of the molecule is O=C1C[C@H]2[C@@H]1CCC[C@@H]2c1ccccc1. The summed E-state index contributed by atoms with van der Waals surface area (Å²) in [6.45, 7) is 0. The van der Waals surface area contributed by atoms with Crippen molar-refractivity contribution in [3.05, 3.63) is 35.9 Å². The Morgan fingerprint density at radius 1 is 1.00 bits per heavy atom. The van der Waals surface area contributed by atoms with Crippen LogP contribution in [-0.4, -0.2) is 5.78 Å². The fourth-order valence-electron chi connectivity index (χ4n) is 3.29. The Morgan fingerprint density at radius 2 is 1.73 bits per heavy atom. The zero-order chi connectivity index (χ0) is 10.3. The highest BCUT2D eigenvalue weighted by Gasteiger charge is 2.46. The van der Waals surface area contributed by atoms with E-state index >= 15 is 0 Å². The Balaban J connectivity index is 1.85. The van der Waals surface area contributed by atoms with Crippen molar-refractivity contribution in [2.45, 2.75) is 31.6 Å². The van der Waals surface area contributed by atoms with Gasteiger partial charge in [-0.15, -0.1) is 0 Å². The van der Waals surface area contributed by atoms with E-state index in [9.17, 15) is 4.79 Å². The smallest absolute Gasteiger partial charge is 0.136 e. The molecule has 0 bridgehead atoms. The van der Waals surface area contributed by atoms with Gasteiger partial charge in [0, 0.05) is 12.3 Å². The van der Waals surface area contributed by atoms with Gasteiger partial charge in [0.05, 0.1) is 0 Å². The van der Waals surface area contributed by atoms with Gasteiger partial charge in [-0.1, -0.05) is 36.8 Å². The summed E-state index contributed by atoms with van der Waals surface area (Å²) in [6, 6.07) is 10.7. The Labute approximate surface area is 90.5 Å². The third kappa shape index (κ3) is 1.41. The number of rotatable bonds is 1. The van der Waals surface area contributed by atoms with Crippen LogP contribution in [0.2, 0.25) is 0 Å². The number of carbonyl (C=O) groups is 1. The van der Waals surface area contributed by atoms with Crippen molar-refractivity contribution in [2.75, 3.05) is 0 Å². The minimum Gasteiger partial charge on any atom is -0.299 e. The van der Waals surface area contributed by atoms with Crippen LogP contribution in [0.5, 0.6) is 0 Å². The van der Waals surface area contributed by atoms with Gasteiger partial charge in [-0.05, 0) is 30.2 Å². The van der Waals surface area contributed by atoms with Crippen LogP contribution in [0.15, 0.2) is 30.3 Å². The van der Waals surface area contributed by atoms with Gasteiger partial charge < -0.3 is 0 Å². The maximum Gasteiger partial charge on any atom is 0.136 e. The molecule has 1 aromatic carbocycles. The molecule has 1 heteroatoms. The van der Waals surface area contributed by atoms with Crippen LogP contribution in [0, 0.1) is 11.8 Å². The molecule has 2 aliphatic rings. The number of Topliss-reactive ketones (excluding diaryl/α,β-unsaturated/α-hetero) is 1. The highest BCUT2D eigenvalue weighted by Crippen LogP contribution is 2.49. The molecule has 0 spiro atoms. The van der Waals surface area contributed by atoms with Gasteiger partial charge in [0.1, 0.15) is 5.78 Å². The molecule has 0 saturated heterocycles. The highest BCUT2D eigenvalue weighted by molar-refractivity contribution is 5.87. The molecule has 0 aliphatic heterocycles. The lowest BCUT2D eigenvalue weighted by Crippen LogP contribution is -2.43. The summed E-state index contributed by atoms with van der Waals surface area (Å²) in [5.41, 5.74) is 1.44. The van der Waals surface area contributed by atoms with E-state index < -0.39 is 0 Å². The first-order valence-electron chi connectivity index (χ1n) is 5.94. The largest absolute Gasteiger partial charge is 0.299 e. The standard InChI is InChI=1S/C14H16O/c15-14-9-13-11(7-4-8-12(13)14)10-5-2-1-3-6-10/h1-3,5-6,11-13H,4,7-9H2/t11-,12+,13-/m1/s1. The van der Waals surface area contributed by atoms with Crippen LogP contribution >= 0.6 is 0 Å². The molecule has 1 nitrogen and oxygen atoms in total. The Bertz CT molecular complexity index is 368. The van der Waals surface area contributed by atoms with Crippen LogP contribution in [0.25, 0.3) is 0 Å². The van der Waals surface area contributed by atoms with Gasteiger partial charge in [-0.2, -0.15) is 0 Å². The summed E-state index contributed by atoms with van der Waals surface area (Å²) in [5.74, 6) is 2.24. The molecule has 0 heterocycles. The van der Waals surface area contributed by atoms with E-state index in [4.69, 9.17) is 0 Å². The van der Waals surface area contributed by atoms with E-state index in [1.54, 1.807) is 0 Å². The zero-order valence-corrected chi connectivity index (χ0v) is 8.86. The summed E-state index contributed by atoms with van der Waals surface area (Å²) in [4.78, 5) is 11.4. The average Bonchev–Trinajstić information content (AvgIpc) is 2.29. The summed E-state index contributed by atoms with van der Waals surface area (Å²) >= 11 is 0. The third-order valence-corrected chi connectivity index (χ3v) is 4.14. The van der Waals surface area contributed by atoms with E-state index in [-0.39, 0.29) is 0 Å². The first-order chi connectivity index (χ1) is 7.36.